The summed E-state index contributed by atoms with van der Waals surface area (Å²) < 4.78 is 5.39. The molecule has 1 heterocycles. The molecule has 16 heavy (non-hydrogen) atoms. The smallest absolute Gasteiger partial charge is 0.410 e. The van der Waals surface area contributed by atoms with E-state index < -0.39 is 0 Å². The van der Waals surface area contributed by atoms with Crippen LogP contribution in [0.15, 0.2) is 0 Å². The molecule has 2 fully saturated rings. The number of amides is 1. The molecule has 1 aliphatic heterocycles. The summed E-state index contributed by atoms with van der Waals surface area (Å²) in [6.45, 7) is 7.95. The molecule has 2 rings (SSSR count). The van der Waals surface area contributed by atoms with Crippen LogP contribution in [0.3, 0.4) is 0 Å². The van der Waals surface area contributed by atoms with Gasteiger partial charge in [0.05, 0.1) is 0 Å². The van der Waals surface area contributed by atoms with Gasteiger partial charge in [-0.15, -0.1) is 0 Å². The second-order valence-electron chi connectivity index (χ2n) is 5.05. The van der Waals surface area contributed by atoms with Gasteiger partial charge in [-0.05, 0) is 33.1 Å². The first-order valence-electron chi connectivity index (χ1n) is 6.36. The fraction of sp³-hybridized carbons (Fsp3) is 0.917. The Balaban J connectivity index is 1.72. The molecule has 0 N–H and O–H groups in total. The van der Waals surface area contributed by atoms with E-state index in [-0.39, 0.29) is 12.2 Å². The van der Waals surface area contributed by atoms with Crippen LogP contribution in [0.2, 0.25) is 0 Å². The molecule has 0 bridgehead atoms. The topological polar surface area (TPSA) is 32.8 Å². The van der Waals surface area contributed by atoms with E-state index in [0.29, 0.717) is 6.04 Å². The van der Waals surface area contributed by atoms with Crippen LogP contribution < -0.4 is 0 Å². The number of hydrogen-bond acceptors (Lipinski definition) is 3. The Morgan fingerprint density at radius 2 is 1.81 bits per heavy atom. The molecule has 0 radical (unpaired) electrons. The van der Waals surface area contributed by atoms with Gasteiger partial charge < -0.3 is 9.64 Å². The minimum atomic E-state index is -0.104. The summed E-state index contributed by atoms with van der Waals surface area (Å²) in [7, 11) is 0. The molecular weight excluding hydrogens is 204 g/mol. The number of carbonyl (C=O) groups is 1. The summed E-state index contributed by atoms with van der Waals surface area (Å²) in [5, 5.41) is 0. The summed E-state index contributed by atoms with van der Waals surface area (Å²) in [5.74, 6) is 0. The Morgan fingerprint density at radius 1 is 1.19 bits per heavy atom. The maximum absolute atomic E-state index is 11.8. The highest BCUT2D eigenvalue weighted by Gasteiger charge is 2.27. The van der Waals surface area contributed by atoms with Gasteiger partial charge in [-0.25, -0.2) is 4.79 Å². The minimum Gasteiger partial charge on any atom is -0.446 e. The fourth-order valence-corrected chi connectivity index (χ4v) is 2.13. The van der Waals surface area contributed by atoms with Crippen LogP contribution in [0.1, 0.15) is 33.1 Å². The van der Waals surface area contributed by atoms with Gasteiger partial charge in [0.15, 0.2) is 0 Å². The normalized spacial score (nSPS) is 23.3. The first-order valence-corrected chi connectivity index (χ1v) is 6.36. The van der Waals surface area contributed by atoms with Crippen LogP contribution in [0.4, 0.5) is 4.79 Å². The highest BCUT2D eigenvalue weighted by Crippen LogP contribution is 2.22. The zero-order chi connectivity index (χ0) is 11.5. The van der Waals surface area contributed by atoms with Crippen molar-refractivity contribution >= 4 is 6.09 Å². The van der Waals surface area contributed by atoms with Crippen LogP contribution in [-0.4, -0.2) is 54.2 Å². The van der Waals surface area contributed by atoms with E-state index in [1.54, 1.807) is 0 Å². The predicted octanol–water partition coefficient (Wildman–Crippen LogP) is 1.70. The van der Waals surface area contributed by atoms with Gasteiger partial charge in [-0.1, -0.05) is 0 Å². The van der Waals surface area contributed by atoms with Crippen molar-refractivity contribution in [2.75, 3.05) is 26.2 Å². The second-order valence-corrected chi connectivity index (χ2v) is 5.05. The molecule has 0 aromatic carbocycles. The zero-order valence-electron chi connectivity index (χ0n) is 10.3. The molecule has 2 aliphatic rings. The lowest BCUT2D eigenvalue weighted by atomic mass is 9.96. The summed E-state index contributed by atoms with van der Waals surface area (Å²) in [4.78, 5) is 16.0. The maximum atomic E-state index is 11.8. The number of nitrogens with zero attached hydrogens (tertiary/aromatic N) is 2. The van der Waals surface area contributed by atoms with Crippen LogP contribution in [0.5, 0.6) is 0 Å². The molecule has 0 spiro atoms. The molecule has 1 saturated heterocycles. The number of carbonyl (C=O) groups excluding carboxylic acids is 1. The molecule has 92 valence electrons. The average molecular weight is 226 g/mol. The molecule has 1 amide bonds. The van der Waals surface area contributed by atoms with E-state index in [4.69, 9.17) is 4.74 Å². The highest BCUT2D eigenvalue weighted by atomic mass is 16.6. The summed E-state index contributed by atoms with van der Waals surface area (Å²) in [6.07, 6.45) is 3.41. The molecule has 4 heteroatoms. The standard InChI is InChI=1S/C12H22N2O2/c1-10(2)13-6-8-14(9-7-13)12(15)16-11-4-3-5-11/h10-11H,3-9H2,1-2H3. The van der Waals surface area contributed by atoms with E-state index in [9.17, 15) is 4.79 Å². The Kier molecular flexibility index (Phi) is 3.69. The van der Waals surface area contributed by atoms with Gasteiger partial charge in [0.2, 0.25) is 0 Å². The van der Waals surface area contributed by atoms with Crippen molar-refractivity contribution in [3.05, 3.63) is 0 Å². The largest absolute Gasteiger partial charge is 0.446 e. The number of piperazine rings is 1. The van der Waals surface area contributed by atoms with Crippen LogP contribution >= 0.6 is 0 Å². The molecule has 1 saturated carbocycles. The van der Waals surface area contributed by atoms with Crippen LogP contribution in [0, 0.1) is 0 Å². The lowest BCUT2D eigenvalue weighted by molar-refractivity contribution is 0.0142. The van der Waals surface area contributed by atoms with Crippen LogP contribution in [0.25, 0.3) is 0 Å². The fourth-order valence-electron chi connectivity index (χ4n) is 2.13. The summed E-state index contributed by atoms with van der Waals surface area (Å²) >= 11 is 0. The molecule has 0 aromatic rings. The number of ether oxygens (including phenoxy) is 1. The first kappa shape index (κ1) is 11.7. The van der Waals surface area contributed by atoms with E-state index in [2.05, 4.69) is 18.7 Å². The molecule has 0 atom stereocenters. The van der Waals surface area contributed by atoms with Crippen molar-refractivity contribution < 1.29 is 9.53 Å². The Labute approximate surface area is 97.5 Å². The van der Waals surface area contributed by atoms with Crippen molar-refractivity contribution in [2.24, 2.45) is 0 Å². The predicted molar refractivity (Wildman–Crippen MR) is 62.4 cm³/mol. The minimum absolute atomic E-state index is 0.104. The SMILES string of the molecule is CC(C)N1CCN(C(=O)OC2CCC2)CC1. The molecule has 4 nitrogen and oxygen atoms in total. The summed E-state index contributed by atoms with van der Waals surface area (Å²) in [5.41, 5.74) is 0. The maximum Gasteiger partial charge on any atom is 0.410 e. The van der Waals surface area contributed by atoms with Gasteiger partial charge in [-0.3, -0.25) is 4.90 Å². The Hall–Kier alpha value is -0.770. The van der Waals surface area contributed by atoms with E-state index >= 15 is 0 Å². The third-order valence-corrected chi connectivity index (χ3v) is 3.62. The van der Waals surface area contributed by atoms with E-state index in [1.807, 2.05) is 4.90 Å². The molecule has 0 aromatic heterocycles. The lowest BCUT2D eigenvalue weighted by Gasteiger charge is -2.37. The van der Waals surface area contributed by atoms with Crippen molar-refractivity contribution in [3.8, 4) is 0 Å². The van der Waals surface area contributed by atoms with Crippen LogP contribution in [-0.2, 0) is 4.74 Å². The molecule has 0 unspecified atom stereocenters. The van der Waals surface area contributed by atoms with Gasteiger partial charge in [-0.2, -0.15) is 0 Å². The summed E-state index contributed by atoms with van der Waals surface area (Å²) in [6, 6.07) is 0.574. The average Bonchev–Trinajstić information content (AvgIpc) is 2.23. The first-order chi connectivity index (χ1) is 7.66. The quantitative estimate of drug-likeness (QED) is 0.718. The van der Waals surface area contributed by atoms with Crippen molar-refractivity contribution in [1.82, 2.24) is 9.80 Å². The zero-order valence-corrected chi connectivity index (χ0v) is 10.3. The highest BCUT2D eigenvalue weighted by molar-refractivity contribution is 5.68. The van der Waals surface area contributed by atoms with Gasteiger partial charge >= 0.3 is 6.09 Å². The van der Waals surface area contributed by atoms with Gasteiger partial charge in [0.25, 0.3) is 0 Å². The lowest BCUT2D eigenvalue weighted by Crippen LogP contribution is -2.51. The van der Waals surface area contributed by atoms with Gasteiger partial charge in [0, 0.05) is 32.2 Å². The van der Waals surface area contributed by atoms with Gasteiger partial charge in [0.1, 0.15) is 6.10 Å². The third-order valence-electron chi connectivity index (χ3n) is 3.62. The van der Waals surface area contributed by atoms with E-state index in [1.165, 1.54) is 6.42 Å². The Bertz CT molecular complexity index is 243. The molecular formula is C12H22N2O2. The molecule has 1 aliphatic carbocycles. The van der Waals surface area contributed by atoms with Crippen molar-refractivity contribution in [2.45, 2.75) is 45.3 Å². The Morgan fingerprint density at radius 3 is 2.25 bits per heavy atom. The number of rotatable bonds is 2. The number of hydrogen-bond donors (Lipinski definition) is 0. The van der Waals surface area contributed by atoms with Crippen molar-refractivity contribution in [3.63, 3.8) is 0 Å². The second kappa shape index (κ2) is 5.04. The third kappa shape index (κ3) is 2.67. The monoisotopic (exact) mass is 226 g/mol. The van der Waals surface area contributed by atoms with E-state index in [0.717, 1.165) is 39.0 Å². The van der Waals surface area contributed by atoms with Crippen molar-refractivity contribution in [1.29, 1.82) is 0 Å².